The van der Waals surface area contributed by atoms with Gasteiger partial charge >= 0.3 is 6.18 Å². The van der Waals surface area contributed by atoms with Gasteiger partial charge < -0.3 is 10.4 Å². The van der Waals surface area contributed by atoms with Crippen LogP contribution in [0.15, 0.2) is 48.5 Å². The van der Waals surface area contributed by atoms with E-state index in [9.17, 15) is 23.1 Å². The Bertz CT molecular complexity index is 1160. The minimum absolute atomic E-state index is 0.183. The Morgan fingerprint density at radius 3 is 2.19 bits per heavy atom. The predicted molar refractivity (Wildman–Crippen MR) is 115 cm³/mol. The van der Waals surface area contributed by atoms with Crippen LogP contribution in [0, 0.1) is 0 Å². The van der Waals surface area contributed by atoms with E-state index in [1.54, 1.807) is 35.6 Å². The fraction of sp³-hybridized carbons (Fsp3) is 0.286. The molecule has 0 unspecified atom stereocenters. The van der Waals surface area contributed by atoms with Crippen molar-refractivity contribution >= 4 is 49.0 Å². The molecule has 0 aliphatic heterocycles. The number of halogens is 3. The molecule has 31 heavy (non-hydrogen) atoms. The van der Waals surface area contributed by atoms with Crippen molar-refractivity contribution in [2.75, 3.05) is 6.54 Å². The monoisotopic (exact) mass is 465 g/mol. The fourth-order valence-corrected chi connectivity index (χ4v) is 5.22. The van der Waals surface area contributed by atoms with Gasteiger partial charge in [-0.15, -0.1) is 22.7 Å². The molecule has 0 fully saturated rings. The highest BCUT2D eigenvalue weighted by Crippen LogP contribution is 2.44. The van der Waals surface area contributed by atoms with Crippen LogP contribution in [0.4, 0.5) is 13.2 Å². The summed E-state index contributed by atoms with van der Waals surface area (Å²) in [5.74, 6) is -0.886. The van der Waals surface area contributed by atoms with Crippen LogP contribution in [0.25, 0.3) is 20.4 Å². The largest absolute Gasteiger partial charge is 0.424 e. The first kappa shape index (κ1) is 21.7. The highest BCUT2D eigenvalue weighted by molar-refractivity contribution is 7.19. The number of nitrogens with zero attached hydrogens (tertiary/aromatic N) is 2. The minimum atomic E-state index is -5.04. The lowest BCUT2D eigenvalue weighted by Gasteiger charge is -2.27. The Morgan fingerprint density at radius 2 is 1.58 bits per heavy atom. The summed E-state index contributed by atoms with van der Waals surface area (Å²) in [7, 11) is 0. The highest BCUT2D eigenvalue weighted by Gasteiger charge is 2.58. The molecule has 0 saturated heterocycles. The first-order valence-electron chi connectivity index (χ1n) is 9.52. The molecule has 4 aromatic rings. The molecule has 5 nitrogen and oxygen atoms in total. The van der Waals surface area contributed by atoms with Gasteiger partial charge in [0.15, 0.2) is 0 Å². The third-order valence-corrected chi connectivity index (χ3v) is 7.04. The maximum Gasteiger partial charge on any atom is 0.424 e. The van der Waals surface area contributed by atoms with E-state index in [1.165, 1.54) is 0 Å². The number of amides is 1. The molecule has 162 valence electrons. The van der Waals surface area contributed by atoms with Gasteiger partial charge in [-0.3, -0.25) is 4.79 Å². The standard InChI is InChI=1S/C21H18F3N3O2S2/c22-21(23,24)20(29,19-27-14-7-2-4-9-16(14)31-19)12-17(28)25-11-5-10-18-26-13-6-1-3-8-15(13)30-18/h1-4,6-9,29H,5,10-12H2,(H,25,28)/t20-/m0/s1. The van der Waals surface area contributed by atoms with Gasteiger partial charge in [0.1, 0.15) is 5.01 Å². The number of hydrogen-bond donors (Lipinski definition) is 2. The smallest absolute Gasteiger partial charge is 0.374 e. The van der Waals surface area contributed by atoms with Crippen LogP contribution in [-0.2, 0) is 16.8 Å². The highest BCUT2D eigenvalue weighted by atomic mass is 32.1. The van der Waals surface area contributed by atoms with Gasteiger partial charge in [0.25, 0.3) is 0 Å². The summed E-state index contributed by atoms with van der Waals surface area (Å²) in [6.45, 7) is 0.183. The molecule has 0 spiro atoms. The zero-order chi connectivity index (χ0) is 22.1. The summed E-state index contributed by atoms with van der Waals surface area (Å²) >= 11 is 2.28. The zero-order valence-electron chi connectivity index (χ0n) is 16.1. The maximum atomic E-state index is 13.7. The summed E-state index contributed by atoms with van der Waals surface area (Å²) < 4.78 is 42.7. The summed E-state index contributed by atoms with van der Waals surface area (Å²) in [4.78, 5) is 20.7. The molecule has 2 aromatic heterocycles. The SMILES string of the molecule is O=C(C[C@](O)(c1nc2ccccc2s1)C(F)(F)F)NCCCc1nc2ccccc2s1. The number of hydrogen-bond acceptors (Lipinski definition) is 6. The number of fused-ring (bicyclic) bond motifs is 2. The average Bonchev–Trinajstić information content (AvgIpc) is 3.34. The molecule has 1 atom stereocenters. The van der Waals surface area contributed by atoms with Gasteiger partial charge in [0.05, 0.1) is 31.9 Å². The number of alkyl halides is 3. The lowest BCUT2D eigenvalue weighted by atomic mass is 9.99. The molecule has 0 radical (unpaired) electrons. The molecule has 0 aliphatic rings. The van der Waals surface area contributed by atoms with Crippen molar-refractivity contribution in [3.63, 3.8) is 0 Å². The minimum Gasteiger partial charge on any atom is -0.374 e. The number of aromatic nitrogens is 2. The molecule has 2 N–H and O–H groups in total. The number of para-hydroxylation sites is 2. The van der Waals surface area contributed by atoms with Crippen LogP contribution in [0.3, 0.4) is 0 Å². The van der Waals surface area contributed by atoms with Crippen LogP contribution < -0.4 is 5.32 Å². The van der Waals surface area contributed by atoms with Crippen LogP contribution in [0.2, 0.25) is 0 Å². The van der Waals surface area contributed by atoms with E-state index < -0.39 is 29.1 Å². The second kappa shape index (κ2) is 8.52. The van der Waals surface area contributed by atoms with Crippen LogP contribution in [-0.4, -0.2) is 33.7 Å². The lowest BCUT2D eigenvalue weighted by Crippen LogP contribution is -2.46. The molecular weight excluding hydrogens is 447 g/mol. The van der Waals surface area contributed by atoms with E-state index in [-0.39, 0.29) is 6.54 Å². The van der Waals surface area contributed by atoms with Gasteiger partial charge in [-0.1, -0.05) is 24.3 Å². The second-order valence-corrected chi connectivity index (χ2v) is 9.20. The number of benzene rings is 2. The molecule has 0 bridgehead atoms. The number of rotatable bonds is 7. The number of aryl methyl sites for hydroxylation is 1. The molecule has 1 amide bonds. The average molecular weight is 466 g/mol. The van der Waals surface area contributed by atoms with Crippen molar-refractivity contribution in [1.82, 2.24) is 15.3 Å². The van der Waals surface area contributed by atoms with E-state index in [1.807, 2.05) is 24.3 Å². The van der Waals surface area contributed by atoms with Gasteiger partial charge in [0.2, 0.25) is 11.5 Å². The molecule has 2 aromatic carbocycles. The van der Waals surface area contributed by atoms with Crippen molar-refractivity contribution in [3.05, 3.63) is 58.5 Å². The fourth-order valence-electron chi connectivity index (χ4n) is 3.14. The zero-order valence-corrected chi connectivity index (χ0v) is 17.8. The third kappa shape index (κ3) is 4.56. The Balaban J connectivity index is 1.38. The van der Waals surface area contributed by atoms with Gasteiger partial charge in [-0.05, 0) is 30.7 Å². The van der Waals surface area contributed by atoms with Crippen molar-refractivity contribution in [2.24, 2.45) is 0 Å². The molecule has 10 heteroatoms. The van der Waals surface area contributed by atoms with Crippen LogP contribution in [0.5, 0.6) is 0 Å². The van der Waals surface area contributed by atoms with Crippen molar-refractivity contribution in [3.8, 4) is 0 Å². The maximum absolute atomic E-state index is 13.7. The van der Waals surface area contributed by atoms with Gasteiger partial charge in [-0.25, -0.2) is 9.97 Å². The Kier molecular flexibility index (Phi) is 5.96. The Labute approximate surface area is 183 Å². The molecular formula is C21H18F3N3O2S2. The molecule has 2 heterocycles. The van der Waals surface area contributed by atoms with Crippen LogP contribution in [0.1, 0.15) is 22.9 Å². The van der Waals surface area contributed by atoms with Crippen LogP contribution >= 0.6 is 22.7 Å². The Morgan fingerprint density at radius 1 is 0.968 bits per heavy atom. The second-order valence-electron chi connectivity index (χ2n) is 7.05. The molecule has 4 rings (SSSR count). The van der Waals surface area contributed by atoms with E-state index in [4.69, 9.17) is 0 Å². The number of thiazole rings is 2. The normalized spacial score (nSPS) is 14.1. The number of carbonyl (C=O) groups is 1. The number of carbonyl (C=O) groups excluding carboxylic acids is 1. The van der Waals surface area contributed by atoms with E-state index >= 15 is 0 Å². The van der Waals surface area contributed by atoms with Crippen molar-refractivity contribution in [1.29, 1.82) is 0 Å². The summed E-state index contributed by atoms with van der Waals surface area (Å²) in [5.41, 5.74) is -2.09. The Hall–Kier alpha value is -2.56. The van der Waals surface area contributed by atoms with E-state index in [0.717, 1.165) is 26.6 Å². The van der Waals surface area contributed by atoms with Gasteiger partial charge in [-0.2, -0.15) is 13.2 Å². The summed E-state index contributed by atoms with van der Waals surface area (Å²) in [5, 5.41) is 13.3. The summed E-state index contributed by atoms with van der Waals surface area (Å²) in [6, 6.07) is 14.2. The first-order valence-corrected chi connectivity index (χ1v) is 11.2. The summed E-state index contributed by atoms with van der Waals surface area (Å²) in [6.07, 6.45) is -5.06. The van der Waals surface area contributed by atoms with Crippen molar-refractivity contribution in [2.45, 2.75) is 31.0 Å². The number of nitrogens with one attached hydrogen (secondary N) is 1. The third-order valence-electron chi connectivity index (χ3n) is 4.76. The number of aliphatic hydroxyl groups is 1. The topological polar surface area (TPSA) is 75.1 Å². The van der Waals surface area contributed by atoms with E-state index in [0.29, 0.717) is 23.1 Å². The molecule has 0 saturated carbocycles. The quantitative estimate of drug-likeness (QED) is 0.385. The first-order chi connectivity index (χ1) is 14.8. The van der Waals surface area contributed by atoms with Gasteiger partial charge in [0, 0.05) is 13.0 Å². The predicted octanol–water partition coefficient (Wildman–Crippen LogP) is 4.80. The van der Waals surface area contributed by atoms with E-state index in [2.05, 4.69) is 15.3 Å². The lowest BCUT2D eigenvalue weighted by molar-refractivity contribution is -0.267. The molecule has 0 aliphatic carbocycles. The van der Waals surface area contributed by atoms with Crippen molar-refractivity contribution < 1.29 is 23.1 Å².